The summed E-state index contributed by atoms with van der Waals surface area (Å²) < 4.78 is 11.1. The zero-order chi connectivity index (χ0) is 25.7. The first-order chi connectivity index (χ1) is 17.2. The minimum Gasteiger partial charge on any atom is -0.444 e. The molecule has 0 saturated heterocycles. The maximum atomic E-state index is 12.7. The number of ether oxygens (including phenoxy) is 2. The fourth-order valence-electron chi connectivity index (χ4n) is 3.88. The van der Waals surface area contributed by atoms with Crippen LogP contribution in [0.2, 0.25) is 0 Å². The summed E-state index contributed by atoms with van der Waals surface area (Å²) in [5.41, 5.74) is 9.82. The van der Waals surface area contributed by atoms with Gasteiger partial charge < -0.3 is 25.8 Å². The maximum Gasteiger partial charge on any atom is 0.407 e. The van der Waals surface area contributed by atoms with Gasteiger partial charge >= 0.3 is 6.09 Å². The number of benzene rings is 3. The molecule has 2 amide bonds. The number of nitrogens with two attached hydrogens (primary N) is 1. The number of rotatable bonds is 8. The van der Waals surface area contributed by atoms with Crippen LogP contribution in [0.3, 0.4) is 0 Å². The summed E-state index contributed by atoms with van der Waals surface area (Å²) in [6, 6.07) is 24.7. The first-order valence-corrected chi connectivity index (χ1v) is 12.1. The largest absolute Gasteiger partial charge is 0.444 e. The molecule has 7 heteroatoms. The Kier molecular flexibility index (Phi) is 7.72. The molecule has 0 aromatic heterocycles. The third kappa shape index (κ3) is 7.16. The van der Waals surface area contributed by atoms with Gasteiger partial charge in [0.1, 0.15) is 11.8 Å². The van der Waals surface area contributed by atoms with Crippen LogP contribution in [0.4, 0.5) is 10.5 Å². The average Bonchev–Trinajstić information content (AvgIpc) is 3.61. The highest BCUT2D eigenvalue weighted by molar-refractivity contribution is 6.04. The standard InChI is InChI=1S/C29H33N3O4/c1-29(2,3)36-28(34)32-25-17-24(25)20-13-15-23(16-14-20)31-27(33)22-11-9-21(10-12-22)26(30)35-18-19-7-5-4-6-8-19/h4-16,24-26H,17-18,30H2,1-3H3,(H,31,33)(H,32,34). The summed E-state index contributed by atoms with van der Waals surface area (Å²) in [6.07, 6.45) is -0.103. The molecule has 0 aliphatic heterocycles. The van der Waals surface area contributed by atoms with Crippen LogP contribution in [0.5, 0.6) is 0 Å². The molecule has 4 N–H and O–H groups in total. The highest BCUT2D eigenvalue weighted by Crippen LogP contribution is 2.41. The zero-order valence-corrected chi connectivity index (χ0v) is 20.9. The minimum absolute atomic E-state index is 0.0712. The summed E-state index contributed by atoms with van der Waals surface area (Å²) in [7, 11) is 0. The van der Waals surface area contributed by atoms with E-state index < -0.39 is 17.9 Å². The number of anilines is 1. The van der Waals surface area contributed by atoms with Crippen molar-refractivity contribution in [3.63, 3.8) is 0 Å². The number of hydrogen-bond acceptors (Lipinski definition) is 5. The molecule has 4 rings (SSSR count). The summed E-state index contributed by atoms with van der Waals surface area (Å²) in [5, 5.41) is 5.83. The number of carbonyl (C=O) groups is 2. The van der Waals surface area contributed by atoms with E-state index in [1.165, 1.54) is 0 Å². The maximum absolute atomic E-state index is 12.7. The van der Waals surface area contributed by atoms with E-state index in [-0.39, 0.29) is 17.9 Å². The van der Waals surface area contributed by atoms with Crippen LogP contribution in [0, 0.1) is 0 Å². The molecular weight excluding hydrogens is 454 g/mol. The van der Waals surface area contributed by atoms with E-state index in [4.69, 9.17) is 15.2 Å². The van der Waals surface area contributed by atoms with Crippen LogP contribution < -0.4 is 16.4 Å². The fourth-order valence-corrected chi connectivity index (χ4v) is 3.88. The van der Waals surface area contributed by atoms with Crippen LogP contribution in [-0.2, 0) is 16.1 Å². The van der Waals surface area contributed by atoms with E-state index in [9.17, 15) is 9.59 Å². The predicted molar refractivity (Wildman–Crippen MR) is 140 cm³/mol. The Morgan fingerprint density at radius 3 is 2.28 bits per heavy atom. The fraction of sp³-hybridized carbons (Fsp3) is 0.310. The lowest BCUT2D eigenvalue weighted by Gasteiger charge is -2.19. The molecule has 188 valence electrons. The Bertz CT molecular complexity index is 1170. The van der Waals surface area contributed by atoms with Gasteiger partial charge in [-0.15, -0.1) is 0 Å². The molecule has 1 saturated carbocycles. The van der Waals surface area contributed by atoms with Gasteiger partial charge in [0.25, 0.3) is 5.91 Å². The second kappa shape index (κ2) is 10.9. The van der Waals surface area contributed by atoms with Crippen molar-refractivity contribution in [3.05, 3.63) is 101 Å². The number of hydrogen-bond donors (Lipinski definition) is 3. The Morgan fingerprint density at radius 2 is 1.64 bits per heavy atom. The number of amides is 2. The lowest BCUT2D eigenvalue weighted by atomic mass is 10.1. The molecular formula is C29H33N3O4. The Morgan fingerprint density at radius 1 is 0.972 bits per heavy atom. The summed E-state index contributed by atoms with van der Waals surface area (Å²) in [6.45, 7) is 5.94. The smallest absolute Gasteiger partial charge is 0.407 e. The van der Waals surface area contributed by atoms with Gasteiger partial charge in [0.15, 0.2) is 0 Å². The predicted octanol–water partition coefficient (Wildman–Crippen LogP) is 5.49. The lowest BCUT2D eigenvalue weighted by Crippen LogP contribution is -2.34. The second-order valence-corrected chi connectivity index (χ2v) is 10.0. The van der Waals surface area contributed by atoms with Crippen molar-refractivity contribution < 1.29 is 19.1 Å². The van der Waals surface area contributed by atoms with Crippen molar-refractivity contribution in [2.24, 2.45) is 5.73 Å². The second-order valence-electron chi connectivity index (χ2n) is 10.0. The van der Waals surface area contributed by atoms with Crippen LogP contribution in [0.1, 0.15) is 66.4 Å². The van der Waals surface area contributed by atoms with Crippen LogP contribution in [0.15, 0.2) is 78.9 Å². The van der Waals surface area contributed by atoms with Gasteiger partial charge in [-0.2, -0.15) is 0 Å². The molecule has 7 nitrogen and oxygen atoms in total. The van der Waals surface area contributed by atoms with Gasteiger partial charge in [-0.3, -0.25) is 4.79 Å². The number of alkyl carbamates (subject to hydrolysis) is 1. The van der Waals surface area contributed by atoms with E-state index in [0.29, 0.717) is 17.9 Å². The summed E-state index contributed by atoms with van der Waals surface area (Å²) in [4.78, 5) is 24.6. The monoisotopic (exact) mass is 487 g/mol. The molecule has 3 aromatic rings. The third-order valence-electron chi connectivity index (χ3n) is 5.86. The zero-order valence-electron chi connectivity index (χ0n) is 20.9. The molecule has 0 radical (unpaired) electrons. The van der Waals surface area contributed by atoms with Gasteiger partial charge in [-0.25, -0.2) is 4.79 Å². The highest BCUT2D eigenvalue weighted by atomic mass is 16.6. The Hall–Kier alpha value is -3.68. The van der Waals surface area contributed by atoms with E-state index in [2.05, 4.69) is 10.6 Å². The molecule has 0 heterocycles. The molecule has 1 fully saturated rings. The minimum atomic E-state index is -0.578. The van der Waals surface area contributed by atoms with Crippen LogP contribution >= 0.6 is 0 Å². The number of carbonyl (C=O) groups excluding carboxylic acids is 2. The highest BCUT2D eigenvalue weighted by Gasteiger charge is 2.40. The quantitative estimate of drug-likeness (QED) is 0.365. The van der Waals surface area contributed by atoms with E-state index in [1.807, 2.05) is 75.4 Å². The van der Waals surface area contributed by atoms with Gasteiger partial charge in [-0.05, 0) is 68.1 Å². The summed E-state index contributed by atoms with van der Waals surface area (Å²) >= 11 is 0. The molecule has 36 heavy (non-hydrogen) atoms. The van der Waals surface area contributed by atoms with Gasteiger partial charge in [0.2, 0.25) is 0 Å². The van der Waals surface area contributed by atoms with Crippen molar-refractivity contribution in [2.75, 3.05) is 5.32 Å². The van der Waals surface area contributed by atoms with Gasteiger partial charge in [0, 0.05) is 23.2 Å². The molecule has 1 aliphatic rings. The van der Waals surface area contributed by atoms with Crippen LogP contribution in [-0.4, -0.2) is 23.6 Å². The lowest BCUT2D eigenvalue weighted by molar-refractivity contribution is 0.0441. The van der Waals surface area contributed by atoms with E-state index in [1.54, 1.807) is 24.3 Å². The van der Waals surface area contributed by atoms with Crippen molar-refractivity contribution >= 4 is 17.7 Å². The first-order valence-electron chi connectivity index (χ1n) is 12.1. The topological polar surface area (TPSA) is 103 Å². The molecule has 3 aromatic carbocycles. The molecule has 3 atom stereocenters. The van der Waals surface area contributed by atoms with Crippen molar-refractivity contribution in [3.8, 4) is 0 Å². The molecule has 3 unspecified atom stereocenters. The van der Waals surface area contributed by atoms with Gasteiger partial charge in [-0.1, -0.05) is 54.6 Å². The third-order valence-corrected chi connectivity index (χ3v) is 5.86. The summed E-state index contributed by atoms with van der Waals surface area (Å²) in [5.74, 6) is 0.0482. The van der Waals surface area contributed by atoms with Crippen molar-refractivity contribution in [1.82, 2.24) is 5.32 Å². The molecule has 0 bridgehead atoms. The van der Waals surface area contributed by atoms with E-state index >= 15 is 0 Å². The number of nitrogens with one attached hydrogen (secondary N) is 2. The van der Waals surface area contributed by atoms with E-state index in [0.717, 1.165) is 23.1 Å². The normalized spacial score (nSPS) is 17.7. The Balaban J connectivity index is 1.26. The molecule has 0 spiro atoms. The SMILES string of the molecule is CC(C)(C)OC(=O)NC1CC1c1ccc(NC(=O)c2ccc(C(N)OCc3ccccc3)cc2)cc1. The van der Waals surface area contributed by atoms with Crippen molar-refractivity contribution in [1.29, 1.82) is 0 Å². The molecule has 1 aliphatic carbocycles. The van der Waals surface area contributed by atoms with Gasteiger partial charge in [0.05, 0.1) is 6.61 Å². The first kappa shape index (κ1) is 25.4. The van der Waals surface area contributed by atoms with Crippen molar-refractivity contribution in [2.45, 2.75) is 57.6 Å². The Labute approximate surface area is 212 Å². The van der Waals surface area contributed by atoms with Crippen LogP contribution in [0.25, 0.3) is 0 Å². The average molecular weight is 488 g/mol.